The van der Waals surface area contributed by atoms with Gasteiger partial charge in [-0.2, -0.15) is 0 Å². The Morgan fingerprint density at radius 1 is 1.37 bits per heavy atom. The Balaban J connectivity index is 2.52. The zero-order valence-corrected chi connectivity index (χ0v) is 10.5. The molecule has 0 atom stereocenters. The van der Waals surface area contributed by atoms with Gasteiger partial charge in [0.25, 0.3) is 5.92 Å². The molecule has 1 aromatic rings. The van der Waals surface area contributed by atoms with Gasteiger partial charge in [-0.05, 0) is 18.7 Å². The van der Waals surface area contributed by atoms with E-state index in [1.165, 1.54) is 6.07 Å². The number of carbonyl (C=O) groups is 1. The Labute approximate surface area is 109 Å². The first-order valence-electron chi connectivity index (χ1n) is 5.98. The molecular weight excluding hydrogens is 256 g/mol. The summed E-state index contributed by atoms with van der Waals surface area (Å²) in [6.07, 6.45) is 0.0779. The number of ketones is 1. The fraction of sp³-hybridized carbons (Fsp3) is 0.462. The summed E-state index contributed by atoms with van der Waals surface area (Å²) < 4.78 is 37.5. The van der Waals surface area contributed by atoms with Gasteiger partial charge in [-0.25, -0.2) is 8.78 Å². The number of hydrogen-bond acceptors (Lipinski definition) is 4. The molecule has 104 valence electrons. The van der Waals surface area contributed by atoms with Gasteiger partial charge in [-0.15, -0.1) is 0 Å². The maximum Gasteiger partial charge on any atom is 0.270 e. The number of nitrogens with two attached hydrogens (primary N) is 1. The van der Waals surface area contributed by atoms with Crippen LogP contribution in [0.1, 0.15) is 29.3 Å². The lowest BCUT2D eigenvalue weighted by molar-refractivity contribution is 0.0168. The maximum atomic E-state index is 13.4. The van der Waals surface area contributed by atoms with Crippen LogP contribution in [0.25, 0.3) is 0 Å². The van der Waals surface area contributed by atoms with E-state index in [4.69, 9.17) is 15.2 Å². The number of hydrogen-bond donors (Lipinski definition) is 1. The molecule has 0 saturated carbocycles. The molecule has 1 aliphatic heterocycles. The van der Waals surface area contributed by atoms with Crippen molar-refractivity contribution in [1.29, 1.82) is 0 Å². The van der Waals surface area contributed by atoms with E-state index in [-0.39, 0.29) is 54.6 Å². The van der Waals surface area contributed by atoms with E-state index in [0.29, 0.717) is 0 Å². The summed E-state index contributed by atoms with van der Waals surface area (Å²) in [5.74, 6) is -2.95. The fourth-order valence-corrected chi connectivity index (χ4v) is 1.88. The summed E-state index contributed by atoms with van der Waals surface area (Å²) in [5.41, 5.74) is 5.17. The standard InChI is InChI=1S/C13H15F2NO3/c1-13(14,15)8-6-9(10(17)2-3-16)12-11(7-8)18-4-5-19-12/h6-7H,2-5,16H2,1H3. The van der Waals surface area contributed by atoms with E-state index >= 15 is 0 Å². The van der Waals surface area contributed by atoms with Crippen molar-refractivity contribution in [3.05, 3.63) is 23.3 Å². The molecule has 0 saturated heterocycles. The molecular formula is C13H15F2NO3. The minimum atomic E-state index is -3.05. The molecule has 0 aromatic heterocycles. The third kappa shape index (κ3) is 2.84. The van der Waals surface area contributed by atoms with Crippen molar-refractivity contribution in [3.63, 3.8) is 0 Å². The van der Waals surface area contributed by atoms with Gasteiger partial charge < -0.3 is 15.2 Å². The van der Waals surface area contributed by atoms with Gasteiger partial charge in [-0.3, -0.25) is 4.79 Å². The molecule has 1 heterocycles. The summed E-state index contributed by atoms with van der Waals surface area (Å²) in [7, 11) is 0. The van der Waals surface area contributed by atoms with Gasteiger partial charge in [0.2, 0.25) is 0 Å². The topological polar surface area (TPSA) is 61.6 Å². The smallest absolute Gasteiger partial charge is 0.270 e. The van der Waals surface area contributed by atoms with Crippen LogP contribution in [0.15, 0.2) is 12.1 Å². The van der Waals surface area contributed by atoms with Crippen molar-refractivity contribution in [1.82, 2.24) is 0 Å². The Hall–Kier alpha value is -1.69. The predicted molar refractivity (Wildman–Crippen MR) is 65.0 cm³/mol. The van der Waals surface area contributed by atoms with Gasteiger partial charge in [0.1, 0.15) is 13.2 Å². The highest BCUT2D eigenvalue weighted by atomic mass is 19.3. The molecule has 0 spiro atoms. The summed E-state index contributed by atoms with van der Waals surface area (Å²) >= 11 is 0. The average Bonchev–Trinajstić information content (AvgIpc) is 2.36. The van der Waals surface area contributed by atoms with Gasteiger partial charge >= 0.3 is 0 Å². The second kappa shape index (κ2) is 5.13. The van der Waals surface area contributed by atoms with E-state index in [2.05, 4.69) is 0 Å². The van der Waals surface area contributed by atoms with E-state index in [0.717, 1.165) is 13.0 Å². The first-order valence-corrected chi connectivity index (χ1v) is 5.98. The average molecular weight is 271 g/mol. The van der Waals surface area contributed by atoms with Crippen molar-refractivity contribution in [3.8, 4) is 11.5 Å². The summed E-state index contributed by atoms with van der Waals surface area (Å²) in [4.78, 5) is 11.9. The highest BCUT2D eigenvalue weighted by Gasteiger charge is 2.30. The molecule has 19 heavy (non-hydrogen) atoms. The van der Waals surface area contributed by atoms with E-state index < -0.39 is 5.92 Å². The molecule has 0 unspecified atom stereocenters. The summed E-state index contributed by atoms with van der Waals surface area (Å²) in [6.45, 7) is 1.49. The quantitative estimate of drug-likeness (QED) is 0.852. The summed E-state index contributed by atoms with van der Waals surface area (Å²) in [6, 6.07) is 2.37. The lowest BCUT2D eigenvalue weighted by Crippen LogP contribution is -2.20. The number of benzene rings is 1. The summed E-state index contributed by atoms with van der Waals surface area (Å²) in [5, 5.41) is 0. The van der Waals surface area contributed by atoms with Crippen molar-refractivity contribution in [2.75, 3.05) is 19.8 Å². The second-order valence-corrected chi connectivity index (χ2v) is 4.40. The Kier molecular flexibility index (Phi) is 3.71. The Bertz CT molecular complexity index is 497. The monoisotopic (exact) mass is 271 g/mol. The molecule has 0 aliphatic carbocycles. The lowest BCUT2D eigenvalue weighted by Gasteiger charge is -2.23. The third-order valence-corrected chi connectivity index (χ3v) is 2.82. The number of halogens is 2. The number of ether oxygens (including phenoxy) is 2. The molecule has 1 aliphatic rings. The first-order chi connectivity index (χ1) is 8.93. The number of alkyl halides is 2. The first kappa shape index (κ1) is 13.7. The number of Topliss-reactive ketones (excluding diaryl/α,β-unsaturated/α-hetero) is 1. The minimum Gasteiger partial charge on any atom is -0.486 e. The van der Waals surface area contributed by atoms with Crippen LogP contribution < -0.4 is 15.2 Å². The Morgan fingerprint density at radius 3 is 2.68 bits per heavy atom. The van der Waals surface area contributed by atoms with Crippen LogP contribution in [0.4, 0.5) is 8.78 Å². The van der Waals surface area contributed by atoms with Gasteiger partial charge in [0.15, 0.2) is 17.3 Å². The number of rotatable bonds is 4. The van der Waals surface area contributed by atoms with Crippen LogP contribution in [0.3, 0.4) is 0 Å². The molecule has 2 rings (SSSR count). The molecule has 2 N–H and O–H groups in total. The van der Waals surface area contributed by atoms with Crippen LogP contribution in [0.2, 0.25) is 0 Å². The van der Waals surface area contributed by atoms with Gasteiger partial charge in [0.05, 0.1) is 5.56 Å². The van der Waals surface area contributed by atoms with Crippen molar-refractivity contribution >= 4 is 5.78 Å². The van der Waals surface area contributed by atoms with E-state index in [1.807, 2.05) is 0 Å². The van der Waals surface area contributed by atoms with E-state index in [9.17, 15) is 13.6 Å². The molecule has 1 aromatic carbocycles. The highest BCUT2D eigenvalue weighted by molar-refractivity contribution is 6.00. The molecule has 0 amide bonds. The predicted octanol–water partition coefficient (Wildman–Crippen LogP) is 2.10. The molecule has 4 nitrogen and oxygen atoms in total. The zero-order chi connectivity index (χ0) is 14.0. The molecule has 6 heteroatoms. The third-order valence-electron chi connectivity index (χ3n) is 2.82. The van der Waals surface area contributed by atoms with E-state index in [1.54, 1.807) is 0 Å². The SMILES string of the molecule is CC(F)(F)c1cc2c(c(C(=O)CCN)c1)OCCO2. The van der Waals surface area contributed by atoms with Gasteiger partial charge in [0, 0.05) is 18.9 Å². The lowest BCUT2D eigenvalue weighted by atomic mass is 10.00. The molecule has 0 fully saturated rings. The van der Waals surface area contributed by atoms with Gasteiger partial charge in [-0.1, -0.05) is 0 Å². The van der Waals surface area contributed by atoms with Crippen molar-refractivity contribution in [2.45, 2.75) is 19.3 Å². The number of carbonyl (C=O) groups excluding carboxylic acids is 1. The highest BCUT2D eigenvalue weighted by Crippen LogP contribution is 2.40. The van der Waals surface area contributed by atoms with Crippen LogP contribution in [-0.4, -0.2) is 25.5 Å². The van der Waals surface area contributed by atoms with Crippen LogP contribution in [0, 0.1) is 0 Å². The van der Waals surface area contributed by atoms with Crippen molar-refractivity contribution in [2.24, 2.45) is 5.73 Å². The molecule has 0 bridgehead atoms. The normalized spacial score (nSPS) is 14.3. The largest absolute Gasteiger partial charge is 0.486 e. The minimum absolute atomic E-state index is 0.0779. The van der Waals surface area contributed by atoms with Crippen molar-refractivity contribution < 1.29 is 23.0 Å². The van der Waals surface area contributed by atoms with Crippen LogP contribution in [0.5, 0.6) is 11.5 Å². The van der Waals surface area contributed by atoms with Crippen LogP contribution in [-0.2, 0) is 5.92 Å². The maximum absolute atomic E-state index is 13.4. The molecule has 0 radical (unpaired) electrons. The second-order valence-electron chi connectivity index (χ2n) is 4.40. The number of fused-ring (bicyclic) bond motifs is 1. The fourth-order valence-electron chi connectivity index (χ4n) is 1.88. The van der Waals surface area contributed by atoms with Crippen LogP contribution >= 0.6 is 0 Å². The zero-order valence-electron chi connectivity index (χ0n) is 10.5. The Morgan fingerprint density at radius 2 is 2.05 bits per heavy atom.